The summed E-state index contributed by atoms with van der Waals surface area (Å²) in [4.78, 5) is 0. The lowest BCUT2D eigenvalue weighted by Gasteiger charge is -2.28. The Hall–Kier alpha value is -0.130. The molecule has 1 saturated heterocycles. The van der Waals surface area contributed by atoms with Gasteiger partial charge in [-0.3, -0.25) is 0 Å². The molecule has 1 heterocycles. The fourth-order valence-corrected chi connectivity index (χ4v) is 3.68. The molecular formula is C10H22N2O2S. The molecule has 5 heteroatoms. The van der Waals surface area contributed by atoms with E-state index in [4.69, 9.17) is 0 Å². The highest BCUT2D eigenvalue weighted by Gasteiger charge is 2.23. The van der Waals surface area contributed by atoms with Gasteiger partial charge in [-0.1, -0.05) is 13.8 Å². The van der Waals surface area contributed by atoms with Gasteiger partial charge < -0.3 is 5.32 Å². The number of hydrogen-bond acceptors (Lipinski definition) is 3. The number of hydrogen-bond donors (Lipinski definition) is 2. The van der Waals surface area contributed by atoms with E-state index in [0.717, 1.165) is 19.4 Å². The predicted molar refractivity (Wildman–Crippen MR) is 62.2 cm³/mol. The van der Waals surface area contributed by atoms with Crippen molar-refractivity contribution in [3.05, 3.63) is 0 Å². The van der Waals surface area contributed by atoms with E-state index in [-0.39, 0.29) is 17.7 Å². The number of sulfonamides is 1. The number of nitrogens with one attached hydrogen (secondary N) is 2. The Balaban J connectivity index is 2.46. The third-order valence-corrected chi connectivity index (χ3v) is 4.32. The van der Waals surface area contributed by atoms with Gasteiger partial charge in [-0.05, 0) is 32.2 Å². The lowest BCUT2D eigenvalue weighted by atomic mass is 10.0. The second-order valence-corrected chi connectivity index (χ2v) is 6.67. The molecule has 0 bridgehead atoms. The van der Waals surface area contributed by atoms with Gasteiger partial charge in [-0.15, -0.1) is 0 Å². The van der Waals surface area contributed by atoms with Gasteiger partial charge >= 0.3 is 0 Å². The zero-order chi connectivity index (χ0) is 11.5. The second kappa shape index (κ2) is 5.27. The molecule has 15 heavy (non-hydrogen) atoms. The average molecular weight is 234 g/mol. The highest BCUT2D eigenvalue weighted by molar-refractivity contribution is 7.89. The molecule has 2 atom stereocenters. The first kappa shape index (κ1) is 12.9. The van der Waals surface area contributed by atoms with E-state index in [0.29, 0.717) is 6.04 Å². The van der Waals surface area contributed by atoms with Crippen molar-refractivity contribution in [1.29, 1.82) is 0 Å². The fourth-order valence-electron chi connectivity index (χ4n) is 1.98. The molecule has 0 amide bonds. The fraction of sp³-hybridized carbons (Fsp3) is 1.00. The molecule has 1 rings (SSSR count). The van der Waals surface area contributed by atoms with Gasteiger partial charge in [-0.25, -0.2) is 13.1 Å². The smallest absolute Gasteiger partial charge is 0.212 e. The van der Waals surface area contributed by atoms with Crippen molar-refractivity contribution in [3.63, 3.8) is 0 Å². The predicted octanol–water partition coefficient (Wildman–Crippen LogP) is 0.702. The van der Waals surface area contributed by atoms with Gasteiger partial charge in [0.15, 0.2) is 0 Å². The first-order chi connectivity index (χ1) is 6.89. The second-order valence-electron chi connectivity index (χ2n) is 4.87. The minimum absolute atomic E-state index is 0.116. The molecular weight excluding hydrogens is 212 g/mol. The van der Waals surface area contributed by atoms with Gasteiger partial charge in [0.2, 0.25) is 10.0 Å². The van der Waals surface area contributed by atoms with Crippen molar-refractivity contribution in [1.82, 2.24) is 10.0 Å². The van der Waals surface area contributed by atoms with Crippen LogP contribution in [-0.2, 0) is 10.0 Å². The summed E-state index contributed by atoms with van der Waals surface area (Å²) in [6, 6.07) is 0.524. The largest absolute Gasteiger partial charge is 0.314 e. The first-order valence-corrected chi connectivity index (χ1v) is 7.27. The van der Waals surface area contributed by atoms with Crippen LogP contribution in [0.5, 0.6) is 0 Å². The van der Waals surface area contributed by atoms with Crippen molar-refractivity contribution < 1.29 is 8.42 Å². The van der Waals surface area contributed by atoms with Gasteiger partial charge in [0, 0.05) is 12.1 Å². The van der Waals surface area contributed by atoms with Gasteiger partial charge in [0.25, 0.3) is 0 Å². The summed E-state index contributed by atoms with van der Waals surface area (Å²) in [5.41, 5.74) is 0. The molecule has 2 unspecified atom stereocenters. The van der Waals surface area contributed by atoms with Crippen LogP contribution in [0.3, 0.4) is 0 Å². The van der Waals surface area contributed by atoms with Crippen molar-refractivity contribution >= 4 is 10.0 Å². The van der Waals surface area contributed by atoms with Gasteiger partial charge in [0.1, 0.15) is 0 Å². The Labute approximate surface area is 92.9 Å². The van der Waals surface area contributed by atoms with Crippen LogP contribution in [0, 0.1) is 5.92 Å². The van der Waals surface area contributed by atoms with Crippen LogP contribution in [0.25, 0.3) is 0 Å². The van der Waals surface area contributed by atoms with Gasteiger partial charge in [0.05, 0.1) is 5.75 Å². The molecule has 0 spiro atoms. The minimum Gasteiger partial charge on any atom is -0.314 e. The lowest BCUT2D eigenvalue weighted by molar-refractivity contribution is 0.361. The Bertz CT molecular complexity index is 288. The summed E-state index contributed by atoms with van der Waals surface area (Å²) in [6.07, 6.45) is 1.78. The van der Waals surface area contributed by atoms with Crippen LogP contribution in [-0.4, -0.2) is 32.8 Å². The van der Waals surface area contributed by atoms with Crippen LogP contribution >= 0.6 is 0 Å². The maximum atomic E-state index is 11.7. The molecule has 0 aromatic heterocycles. The summed E-state index contributed by atoms with van der Waals surface area (Å²) >= 11 is 0. The third-order valence-electron chi connectivity index (χ3n) is 2.52. The molecule has 0 saturated carbocycles. The highest BCUT2D eigenvalue weighted by Crippen LogP contribution is 2.10. The number of piperidine rings is 1. The standard InChI is InChI=1S/C10H22N2O2S/c1-8(2)7-15(13,14)12-10-4-5-11-9(3)6-10/h8-12H,4-7H2,1-3H3. The van der Waals surface area contributed by atoms with E-state index in [1.165, 1.54) is 0 Å². The summed E-state index contributed by atoms with van der Waals surface area (Å²) in [7, 11) is -3.08. The highest BCUT2D eigenvalue weighted by atomic mass is 32.2. The van der Waals surface area contributed by atoms with Crippen molar-refractivity contribution in [2.45, 2.75) is 45.7 Å². The summed E-state index contributed by atoms with van der Waals surface area (Å²) in [6.45, 7) is 6.83. The molecule has 4 nitrogen and oxygen atoms in total. The molecule has 1 aliphatic heterocycles. The number of rotatable bonds is 4. The summed E-state index contributed by atoms with van der Waals surface area (Å²) in [5, 5.41) is 3.30. The van der Waals surface area contributed by atoms with Gasteiger partial charge in [-0.2, -0.15) is 0 Å². The monoisotopic (exact) mass is 234 g/mol. The minimum atomic E-state index is -3.08. The van der Waals surface area contributed by atoms with Crippen LogP contribution in [0.4, 0.5) is 0 Å². The first-order valence-electron chi connectivity index (χ1n) is 5.62. The zero-order valence-electron chi connectivity index (χ0n) is 9.79. The molecule has 1 aliphatic rings. The summed E-state index contributed by atoms with van der Waals surface area (Å²) in [5.74, 6) is 0.410. The maximum Gasteiger partial charge on any atom is 0.212 e. The normalized spacial score (nSPS) is 28.3. The molecule has 0 aliphatic carbocycles. The molecule has 2 N–H and O–H groups in total. The average Bonchev–Trinajstić information content (AvgIpc) is 1.99. The Morgan fingerprint density at radius 1 is 1.47 bits per heavy atom. The van der Waals surface area contributed by atoms with Crippen LogP contribution < -0.4 is 10.0 Å². The molecule has 0 radical (unpaired) electrons. The van der Waals surface area contributed by atoms with Crippen molar-refractivity contribution in [2.24, 2.45) is 5.92 Å². The van der Waals surface area contributed by atoms with Crippen LogP contribution in [0.2, 0.25) is 0 Å². The zero-order valence-corrected chi connectivity index (χ0v) is 10.6. The summed E-state index contributed by atoms with van der Waals surface area (Å²) < 4.78 is 26.2. The van der Waals surface area contributed by atoms with E-state index in [1.54, 1.807) is 0 Å². The quantitative estimate of drug-likeness (QED) is 0.753. The molecule has 1 fully saturated rings. The SMILES string of the molecule is CC(C)CS(=O)(=O)NC1CCNC(C)C1. The van der Waals surface area contributed by atoms with Crippen molar-refractivity contribution in [2.75, 3.05) is 12.3 Å². The lowest BCUT2D eigenvalue weighted by Crippen LogP contribution is -2.47. The van der Waals surface area contributed by atoms with E-state index in [1.807, 2.05) is 13.8 Å². The van der Waals surface area contributed by atoms with E-state index in [2.05, 4.69) is 17.0 Å². The Morgan fingerprint density at radius 2 is 2.13 bits per heavy atom. The van der Waals surface area contributed by atoms with Crippen LogP contribution in [0.15, 0.2) is 0 Å². The van der Waals surface area contributed by atoms with Crippen molar-refractivity contribution in [3.8, 4) is 0 Å². The van der Waals surface area contributed by atoms with Crippen LogP contribution in [0.1, 0.15) is 33.6 Å². The van der Waals surface area contributed by atoms with E-state index >= 15 is 0 Å². The Kier molecular flexibility index (Phi) is 4.55. The molecule has 90 valence electrons. The topological polar surface area (TPSA) is 58.2 Å². The van der Waals surface area contributed by atoms with E-state index in [9.17, 15) is 8.42 Å². The molecule has 0 aromatic carbocycles. The van der Waals surface area contributed by atoms with E-state index < -0.39 is 10.0 Å². The third kappa shape index (κ3) is 4.95. The Morgan fingerprint density at radius 3 is 2.67 bits per heavy atom. The molecule has 0 aromatic rings. The maximum absolute atomic E-state index is 11.7.